The SMILES string of the molecule is O=C(NCCCN1CCOCC1)[C@H]1Cc2ccccc2N2CCN(c3cccc(Cl)c3)C[C@@H]12. The lowest BCUT2D eigenvalue weighted by Gasteiger charge is -2.49. The van der Waals surface area contributed by atoms with Crippen LogP contribution in [0.3, 0.4) is 0 Å². The van der Waals surface area contributed by atoms with Crippen LogP contribution >= 0.6 is 11.6 Å². The van der Waals surface area contributed by atoms with Gasteiger partial charge in [-0.05, 0) is 49.2 Å². The largest absolute Gasteiger partial charge is 0.379 e. The lowest BCUT2D eigenvalue weighted by atomic mass is 9.83. The molecule has 0 spiro atoms. The molecule has 2 atom stereocenters. The Hall–Kier alpha value is -2.28. The van der Waals surface area contributed by atoms with Crippen molar-refractivity contribution >= 4 is 28.9 Å². The maximum Gasteiger partial charge on any atom is 0.225 e. The van der Waals surface area contributed by atoms with E-state index in [1.165, 1.54) is 11.3 Å². The Morgan fingerprint density at radius 3 is 2.76 bits per heavy atom. The second kappa shape index (κ2) is 10.3. The number of fused-ring (bicyclic) bond motifs is 3. The van der Waals surface area contributed by atoms with Crippen LogP contribution in [0.25, 0.3) is 0 Å². The number of nitrogens with zero attached hydrogens (tertiary/aromatic N) is 3. The van der Waals surface area contributed by atoms with Gasteiger partial charge in [-0.25, -0.2) is 0 Å². The van der Waals surface area contributed by atoms with Crippen LogP contribution in [0.5, 0.6) is 0 Å². The Morgan fingerprint density at radius 2 is 1.91 bits per heavy atom. The number of ether oxygens (including phenoxy) is 1. The summed E-state index contributed by atoms with van der Waals surface area (Å²) in [4.78, 5) is 20.6. The minimum absolute atomic E-state index is 0.0646. The molecule has 2 aromatic carbocycles. The van der Waals surface area contributed by atoms with Gasteiger partial charge in [-0.3, -0.25) is 9.69 Å². The molecule has 176 valence electrons. The monoisotopic (exact) mass is 468 g/mol. The molecular weight excluding hydrogens is 436 g/mol. The highest BCUT2D eigenvalue weighted by Gasteiger charge is 2.41. The molecule has 2 saturated heterocycles. The molecule has 0 radical (unpaired) electrons. The number of nitrogens with one attached hydrogen (secondary N) is 1. The summed E-state index contributed by atoms with van der Waals surface area (Å²) in [6.45, 7) is 7.97. The van der Waals surface area contributed by atoms with E-state index in [0.717, 1.165) is 82.6 Å². The third kappa shape index (κ3) is 5.13. The lowest BCUT2D eigenvalue weighted by Crippen LogP contribution is -2.61. The molecule has 2 aromatic rings. The summed E-state index contributed by atoms with van der Waals surface area (Å²) >= 11 is 6.26. The van der Waals surface area contributed by atoms with E-state index < -0.39 is 0 Å². The smallest absolute Gasteiger partial charge is 0.225 e. The summed E-state index contributed by atoms with van der Waals surface area (Å²) in [5.74, 6) is 0.111. The van der Waals surface area contributed by atoms with E-state index in [1.807, 2.05) is 18.2 Å². The molecule has 0 saturated carbocycles. The Morgan fingerprint density at radius 1 is 1.06 bits per heavy atom. The first-order valence-electron chi connectivity index (χ1n) is 12.1. The number of piperazine rings is 1. The van der Waals surface area contributed by atoms with Crippen LogP contribution in [0.2, 0.25) is 5.02 Å². The van der Waals surface area contributed by atoms with Gasteiger partial charge in [0.2, 0.25) is 5.91 Å². The van der Waals surface area contributed by atoms with Gasteiger partial charge >= 0.3 is 0 Å². The lowest BCUT2D eigenvalue weighted by molar-refractivity contribution is -0.125. The molecule has 33 heavy (non-hydrogen) atoms. The summed E-state index contributed by atoms with van der Waals surface area (Å²) in [6.07, 6.45) is 1.76. The van der Waals surface area contributed by atoms with E-state index in [4.69, 9.17) is 16.3 Å². The zero-order chi connectivity index (χ0) is 22.6. The van der Waals surface area contributed by atoms with Crippen molar-refractivity contribution in [2.45, 2.75) is 18.9 Å². The minimum Gasteiger partial charge on any atom is -0.379 e. The van der Waals surface area contributed by atoms with Crippen molar-refractivity contribution in [2.24, 2.45) is 5.92 Å². The number of rotatable bonds is 6. The molecule has 7 heteroatoms. The van der Waals surface area contributed by atoms with Crippen molar-refractivity contribution in [3.8, 4) is 0 Å². The summed E-state index contributed by atoms with van der Waals surface area (Å²) in [5, 5.41) is 4.00. The van der Waals surface area contributed by atoms with Crippen LogP contribution in [0.1, 0.15) is 12.0 Å². The molecule has 3 heterocycles. The predicted molar refractivity (Wildman–Crippen MR) is 133 cm³/mol. The van der Waals surface area contributed by atoms with Gasteiger partial charge in [0.1, 0.15) is 0 Å². The molecule has 0 bridgehead atoms. The van der Waals surface area contributed by atoms with E-state index >= 15 is 0 Å². The van der Waals surface area contributed by atoms with Crippen LogP contribution < -0.4 is 15.1 Å². The summed E-state index contributed by atoms with van der Waals surface area (Å²) in [6, 6.07) is 16.7. The molecule has 5 rings (SSSR count). The first-order chi connectivity index (χ1) is 16.2. The van der Waals surface area contributed by atoms with Crippen molar-refractivity contribution in [1.29, 1.82) is 0 Å². The topological polar surface area (TPSA) is 48.1 Å². The van der Waals surface area contributed by atoms with Crippen LogP contribution in [-0.2, 0) is 16.0 Å². The highest BCUT2D eigenvalue weighted by atomic mass is 35.5. The van der Waals surface area contributed by atoms with Gasteiger partial charge in [0.15, 0.2) is 0 Å². The highest BCUT2D eigenvalue weighted by Crippen LogP contribution is 2.37. The fourth-order valence-corrected chi connectivity index (χ4v) is 5.62. The van der Waals surface area contributed by atoms with Crippen LogP contribution in [0.4, 0.5) is 11.4 Å². The molecule has 1 amide bonds. The number of morpholine rings is 1. The molecule has 6 nitrogen and oxygen atoms in total. The number of benzene rings is 2. The maximum absolute atomic E-state index is 13.4. The molecule has 0 aromatic heterocycles. The van der Waals surface area contributed by atoms with Crippen molar-refractivity contribution in [3.63, 3.8) is 0 Å². The van der Waals surface area contributed by atoms with E-state index in [2.05, 4.69) is 50.3 Å². The fraction of sp³-hybridized carbons (Fsp3) is 0.500. The van der Waals surface area contributed by atoms with Crippen LogP contribution in [0, 0.1) is 5.92 Å². The first-order valence-corrected chi connectivity index (χ1v) is 12.5. The molecule has 0 aliphatic carbocycles. The number of hydrogen-bond donors (Lipinski definition) is 1. The Balaban J connectivity index is 1.27. The Bertz CT molecular complexity index is 965. The quantitative estimate of drug-likeness (QED) is 0.660. The van der Waals surface area contributed by atoms with Gasteiger partial charge in [-0.2, -0.15) is 0 Å². The number of anilines is 2. The number of carbonyl (C=O) groups is 1. The van der Waals surface area contributed by atoms with E-state index in [-0.39, 0.29) is 17.9 Å². The Kier molecular flexibility index (Phi) is 7.04. The molecular formula is C26H33ClN4O2. The molecule has 3 aliphatic heterocycles. The summed E-state index contributed by atoms with van der Waals surface area (Å²) in [5.41, 5.74) is 3.69. The third-order valence-electron chi connectivity index (χ3n) is 7.19. The van der Waals surface area contributed by atoms with Crippen LogP contribution in [-0.4, -0.2) is 75.9 Å². The second-order valence-electron chi connectivity index (χ2n) is 9.22. The second-order valence-corrected chi connectivity index (χ2v) is 9.66. The number of carbonyl (C=O) groups excluding carboxylic acids is 1. The molecule has 1 N–H and O–H groups in total. The van der Waals surface area contributed by atoms with Gasteiger partial charge < -0.3 is 19.9 Å². The van der Waals surface area contributed by atoms with E-state index in [1.54, 1.807) is 0 Å². The third-order valence-corrected chi connectivity index (χ3v) is 7.42. The molecule has 3 aliphatic rings. The van der Waals surface area contributed by atoms with Gasteiger partial charge in [-0.15, -0.1) is 0 Å². The van der Waals surface area contributed by atoms with Gasteiger partial charge in [0.25, 0.3) is 0 Å². The number of amides is 1. The van der Waals surface area contributed by atoms with Crippen LogP contribution in [0.15, 0.2) is 48.5 Å². The van der Waals surface area contributed by atoms with Crippen molar-refractivity contribution < 1.29 is 9.53 Å². The zero-order valence-corrected chi connectivity index (χ0v) is 19.8. The average Bonchev–Trinajstić information content (AvgIpc) is 2.86. The Labute approximate surface area is 201 Å². The highest BCUT2D eigenvalue weighted by molar-refractivity contribution is 6.30. The fourth-order valence-electron chi connectivity index (χ4n) is 5.43. The number of para-hydroxylation sites is 1. The number of hydrogen-bond acceptors (Lipinski definition) is 5. The zero-order valence-electron chi connectivity index (χ0n) is 19.1. The van der Waals surface area contributed by atoms with Gasteiger partial charge in [0.05, 0.1) is 25.2 Å². The van der Waals surface area contributed by atoms with E-state index in [9.17, 15) is 4.79 Å². The predicted octanol–water partition coefficient (Wildman–Crippen LogP) is 3.05. The van der Waals surface area contributed by atoms with E-state index in [0.29, 0.717) is 0 Å². The number of halogens is 1. The van der Waals surface area contributed by atoms with Crippen molar-refractivity contribution in [3.05, 3.63) is 59.1 Å². The summed E-state index contributed by atoms with van der Waals surface area (Å²) in [7, 11) is 0. The first kappa shape index (κ1) is 22.5. The minimum atomic E-state index is -0.0646. The average molecular weight is 469 g/mol. The van der Waals surface area contributed by atoms with Crippen molar-refractivity contribution in [2.75, 3.05) is 68.8 Å². The normalized spacial score (nSPS) is 23.1. The maximum atomic E-state index is 13.4. The summed E-state index contributed by atoms with van der Waals surface area (Å²) < 4.78 is 5.42. The van der Waals surface area contributed by atoms with Gasteiger partial charge in [0, 0.05) is 55.7 Å². The van der Waals surface area contributed by atoms with Gasteiger partial charge in [-0.1, -0.05) is 35.9 Å². The van der Waals surface area contributed by atoms with Crippen molar-refractivity contribution in [1.82, 2.24) is 10.2 Å². The molecule has 0 unspecified atom stereocenters. The molecule has 2 fully saturated rings. The standard InChI is InChI=1S/C26H33ClN4O2/c27-21-6-3-7-22(18-21)30-11-12-31-24-8-2-1-5-20(24)17-23(25(31)19-30)26(32)28-9-4-10-29-13-15-33-16-14-29/h1-3,5-8,18,23,25H,4,9-17,19H2,(H,28,32)/t23-,25-/m0/s1.